The molecule has 0 bridgehead atoms. The molecule has 4 nitrogen and oxygen atoms in total. The van der Waals surface area contributed by atoms with E-state index >= 15 is 0 Å². The van der Waals surface area contributed by atoms with Gasteiger partial charge in [0.25, 0.3) is 0 Å². The van der Waals surface area contributed by atoms with Crippen LogP contribution in [0.25, 0.3) is 0 Å². The number of carboxylic acid groups (broad SMARTS) is 1. The Balaban J connectivity index is 1.91. The highest BCUT2D eigenvalue weighted by molar-refractivity contribution is 5.70. The molecule has 1 saturated carbocycles. The molecule has 2 aliphatic rings. The molecule has 0 amide bonds. The number of hydrogen-bond acceptors (Lipinski definition) is 3. The predicted octanol–water partition coefficient (Wildman–Crippen LogP) is 0.498. The molecule has 4 heteroatoms. The number of nitrogens with one attached hydrogen (secondary N) is 2. The third-order valence-corrected chi connectivity index (χ3v) is 3.37. The smallest absolute Gasteiger partial charge is 0.306 e. The van der Waals surface area contributed by atoms with Crippen LogP contribution in [0.2, 0.25) is 0 Å². The van der Waals surface area contributed by atoms with E-state index < -0.39 is 5.97 Å². The zero-order chi connectivity index (χ0) is 9.31. The molecule has 2 fully saturated rings. The number of carbonyl (C=O) groups is 1. The largest absolute Gasteiger partial charge is 0.481 e. The van der Waals surface area contributed by atoms with Crippen LogP contribution in [0.4, 0.5) is 0 Å². The first-order valence-corrected chi connectivity index (χ1v) is 4.95. The zero-order valence-corrected chi connectivity index (χ0v) is 7.68. The van der Waals surface area contributed by atoms with Crippen LogP contribution in [0, 0.1) is 5.92 Å². The Morgan fingerprint density at radius 1 is 1.31 bits per heavy atom. The fraction of sp³-hybridized carbons (Fsp3) is 0.889. The van der Waals surface area contributed by atoms with Gasteiger partial charge in [-0.1, -0.05) is 0 Å². The van der Waals surface area contributed by atoms with Crippen LogP contribution in [0.3, 0.4) is 0 Å². The standard InChI is InChI=1S/C9H16N2O2/c12-8(13)7-1-3-9(4-2-7)5-6-10-11-9/h7,10-11H,1-6H2,(H,12,13). The minimum atomic E-state index is -0.624. The molecule has 13 heavy (non-hydrogen) atoms. The quantitative estimate of drug-likeness (QED) is 0.555. The van der Waals surface area contributed by atoms with Gasteiger partial charge in [-0.15, -0.1) is 0 Å². The lowest BCUT2D eigenvalue weighted by Gasteiger charge is -2.35. The molecule has 1 heterocycles. The Labute approximate surface area is 77.7 Å². The number of aliphatic carboxylic acids is 1. The molecule has 0 aromatic carbocycles. The summed E-state index contributed by atoms with van der Waals surface area (Å²) < 4.78 is 0. The van der Waals surface area contributed by atoms with Gasteiger partial charge >= 0.3 is 5.97 Å². The second kappa shape index (κ2) is 3.27. The molecule has 1 spiro atoms. The Hall–Kier alpha value is -0.610. The Kier molecular flexibility index (Phi) is 2.26. The monoisotopic (exact) mass is 184 g/mol. The van der Waals surface area contributed by atoms with Crippen molar-refractivity contribution in [3.63, 3.8) is 0 Å². The summed E-state index contributed by atoms with van der Waals surface area (Å²) in [5.74, 6) is -0.728. The molecule has 0 unspecified atom stereocenters. The van der Waals surface area contributed by atoms with Gasteiger partial charge in [-0.25, -0.2) is 0 Å². The first-order chi connectivity index (χ1) is 6.22. The molecular weight excluding hydrogens is 168 g/mol. The van der Waals surface area contributed by atoms with Crippen molar-refractivity contribution in [3.8, 4) is 0 Å². The number of rotatable bonds is 1. The number of hydrazine groups is 1. The van der Waals surface area contributed by atoms with E-state index in [1.807, 2.05) is 0 Å². The lowest BCUT2D eigenvalue weighted by molar-refractivity contribution is -0.143. The van der Waals surface area contributed by atoms with Gasteiger partial charge in [0, 0.05) is 12.1 Å². The average molecular weight is 184 g/mol. The van der Waals surface area contributed by atoms with E-state index in [2.05, 4.69) is 10.9 Å². The molecule has 2 rings (SSSR count). The molecule has 3 N–H and O–H groups in total. The average Bonchev–Trinajstić information content (AvgIpc) is 2.54. The van der Waals surface area contributed by atoms with Gasteiger partial charge in [-0.3, -0.25) is 15.6 Å². The normalized spacial score (nSPS) is 39.5. The van der Waals surface area contributed by atoms with E-state index in [-0.39, 0.29) is 11.5 Å². The van der Waals surface area contributed by atoms with E-state index in [0.29, 0.717) is 0 Å². The summed E-state index contributed by atoms with van der Waals surface area (Å²) in [6.07, 6.45) is 4.78. The number of carboxylic acids is 1. The molecule has 0 aromatic rings. The van der Waals surface area contributed by atoms with E-state index in [4.69, 9.17) is 5.11 Å². The minimum Gasteiger partial charge on any atom is -0.481 e. The highest BCUT2D eigenvalue weighted by Crippen LogP contribution is 2.35. The van der Waals surface area contributed by atoms with Gasteiger partial charge in [0.2, 0.25) is 0 Å². The van der Waals surface area contributed by atoms with Crippen molar-refractivity contribution >= 4 is 5.97 Å². The Bertz CT molecular complexity index is 202. The summed E-state index contributed by atoms with van der Waals surface area (Å²) in [6, 6.07) is 0. The Morgan fingerprint density at radius 3 is 2.46 bits per heavy atom. The topological polar surface area (TPSA) is 61.4 Å². The van der Waals surface area contributed by atoms with Crippen LogP contribution in [0.15, 0.2) is 0 Å². The van der Waals surface area contributed by atoms with Crippen molar-refractivity contribution in [1.82, 2.24) is 10.9 Å². The molecular formula is C9H16N2O2. The van der Waals surface area contributed by atoms with Gasteiger partial charge < -0.3 is 5.11 Å². The van der Waals surface area contributed by atoms with Crippen LogP contribution < -0.4 is 10.9 Å². The fourth-order valence-corrected chi connectivity index (χ4v) is 2.41. The van der Waals surface area contributed by atoms with Crippen molar-refractivity contribution in [1.29, 1.82) is 0 Å². The summed E-state index contributed by atoms with van der Waals surface area (Å²) >= 11 is 0. The Morgan fingerprint density at radius 2 is 2.00 bits per heavy atom. The maximum Gasteiger partial charge on any atom is 0.306 e. The predicted molar refractivity (Wildman–Crippen MR) is 48.1 cm³/mol. The van der Waals surface area contributed by atoms with E-state index in [1.54, 1.807) is 0 Å². The van der Waals surface area contributed by atoms with Crippen LogP contribution >= 0.6 is 0 Å². The first kappa shape index (κ1) is 8.97. The van der Waals surface area contributed by atoms with E-state index in [9.17, 15) is 4.79 Å². The fourth-order valence-electron chi connectivity index (χ4n) is 2.41. The maximum absolute atomic E-state index is 10.7. The van der Waals surface area contributed by atoms with E-state index in [1.165, 1.54) is 0 Å². The van der Waals surface area contributed by atoms with Gasteiger partial charge in [0.15, 0.2) is 0 Å². The summed E-state index contributed by atoms with van der Waals surface area (Å²) in [7, 11) is 0. The van der Waals surface area contributed by atoms with Crippen LogP contribution in [-0.4, -0.2) is 23.2 Å². The van der Waals surface area contributed by atoms with Crippen molar-refractivity contribution in [2.75, 3.05) is 6.54 Å². The highest BCUT2D eigenvalue weighted by atomic mass is 16.4. The van der Waals surface area contributed by atoms with Crippen molar-refractivity contribution in [2.45, 2.75) is 37.6 Å². The van der Waals surface area contributed by atoms with Gasteiger partial charge in [-0.05, 0) is 32.1 Å². The second-order valence-corrected chi connectivity index (χ2v) is 4.19. The second-order valence-electron chi connectivity index (χ2n) is 4.19. The molecule has 0 radical (unpaired) electrons. The van der Waals surface area contributed by atoms with Crippen LogP contribution in [-0.2, 0) is 4.79 Å². The SMILES string of the molecule is O=C(O)C1CCC2(CCNN2)CC1. The van der Waals surface area contributed by atoms with Crippen LogP contribution in [0.5, 0.6) is 0 Å². The summed E-state index contributed by atoms with van der Waals surface area (Å²) in [5.41, 5.74) is 6.63. The molecule has 74 valence electrons. The lowest BCUT2D eigenvalue weighted by atomic mass is 9.76. The number of hydrogen-bond donors (Lipinski definition) is 3. The third-order valence-electron chi connectivity index (χ3n) is 3.37. The van der Waals surface area contributed by atoms with Crippen molar-refractivity contribution in [2.24, 2.45) is 5.92 Å². The molecule has 0 atom stereocenters. The summed E-state index contributed by atoms with van der Waals surface area (Å²) in [6.45, 7) is 1.01. The van der Waals surface area contributed by atoms with Crippen LogP contribution in [0.1, 0.15) is 32.1 Å². The van der Waals surface area contributed by atoms with Crippen molar-refractivity contribution < 1.29 is 9.90 Å². The third kappa shape index (κ3) is 1.69. The molecule has 0 aromatic heterocycles. The summed E-state index contributed by atoms with van der Waals surface area (Å²) in [5, 5.41) is 8.83. The highest BCUT2D eigenvalue weighted by Gasteiger charge is 2.39. The minimum absolute atomic E-state index is 0.104. The molecule has 1 aliphatic heterocycles. The first-order valence-electron chi connectivity index (χ1n) is 4.95. The van der Waals surface area contributed by atoms with Gasteiger partial charge in [0.1, 0.15) is 0 Å². The summed E-state index contributed by atoms with van der Waals surface area (Å²) in [4.78, 5) is 10.7. The van der Waals surface area contributed by atoms with Crippen molar-refractivity contribution in [3.05, 3.63) is 0 Å². The molecule has 1 aliphatic carbocycles. The van der Waals surface area contributed by atoms with Gasteiger partial charge in [-0.2, -0.15) is 0 Å². The molecule has 1 saturated heterocycles. The lowest BCUT2D eigenvalue weighted by Crippen LogP contribution is -2.47. The van der Waals surface area contributed by atoms with E-state index in [0.717, 1.165) is 38.6 Å². The van der Waals surface area contributed by atoms with Gasteiger partial charge in [0.05, 0.1) is 5.92 Å². The zero-order valence-electron chi connectivity index (χ0n) is 7.68. The maximum atomic E-state index is 10.7.